The van der Waals surface area contributed by atoms with Crippen LogP contribution in [-0.2, 0) is 4.79 Å². The maximum Gasteiger partial charge on any atom is 0.207 e. The molecule has 0 aliphatic carbocycles. The number of hydrogen-bond donors (Lipinski definition) is 1. The summed E-state index contributed by atoms with van der Waals surface area (Å²) in [5.41, 5.74) is 0. The molecule has 0 aromatic rings. The Balaban J connectivity index is 3.30. The molecule has 0 spiro atoms. The number of rotatable bonds is 3. The van der Waals surface area contributed by atoms with Gasteiger partial charge in [0.15, 0.2) is 0 Å². The molecule has 48 valence electrons. The topological polar surface area (TPSA) is 29.1 Å². The summed E-state index contributed by atoms with van der Waals surface area (Å²) in [6, 6.07) is 0.299. The van der Waals surface area contributed by atoms with Gasteiger partial charge in [-0.05, 0) is 12.8 Å². The van der Waals surface area contributed by atoms with E-state index in [0.717, 1.165) is 6.41 Å². The van der Waals surface area contributed by atoms with E-state index in [4.69, 9.17) is 0 Å². The molecule has 1 amide bonds. The molecule has 1 atom stereocenters. The summed E-state index contributed by atoms with van der Waals surface area (Å²) in [7, 11) is 0. The Morgan fingerprint density at radius 2 is 1.88 bits per heavy atom. The van der Waals surface area contributed by atoms with E-state index in [1.807, 2.05) is 6.92 Å². The van der Waals surface area contributed by atoms with Gasteiger partial charge in [0.25, 0.3) is 0 Å². The molecule has 0 aromatic carbocycles. The standard InChI is InChI=1S/C6H13NO/c1-5(2)6(3)7-4-8/h4-6H,1-3H3,(H,7,8)/t6-/m0/s1. The molecule has 0 heterocycles. The van der Waals surface area contributed by atoms with Gasteiger partial charge in [-0.1, -0.05) is 13.8 Å². The summed E-state index contributed by atoms with van der Waals surface area (Å²) in [4.78, 5) is 9.81. The van der Waals surface area contributed by atoms with Gasteiger partial charge >= 0.3 is 0 Å². The quantitative estimate of drug-likeness (QED) is 0.541. The smallest absolute Gasteiger partial charge is 0.207 e. The van der Waals surface area contributed by atoms with E-state index in [-0.39, 0.29) is 0 Å². The zero-order valence-corrected chi connectivity index (χ0v) is 5.64. The van der Waals surface area contributed by atoms with Crippen molar-refractivity contribution in [2.75, 3.05) is 0 Å². The van der Waals surface area contributed by atoms with Gasteiger partial charge in [-0.15, -0.1) is 0 Å². The van der Waals surface area contributed by atoms with E-state index in [0.29, 0.717) is 12.0 Å². The molecule has 2 nitrogen and oxygen atoms in total. The predicted octanol–water partition coefficient (Wildman–Crippen LogP) is 0.777. The molecule has 0 saturated heterocycles. The largest absolute Gasteiger partial charge is 0.356 e. The zero-order valence-electron chi connectivity index (χ0n) is 5.64. The van der Waals surface area contributed by atoms with Crippen LogP contribution < -0.4 is 5.32 Å². The third-order valence-electron chi connectivity index (χ3n) is 1.33. The first-order valence-electron chi connectivity index (χ1n) is 2.88. The first-order valence-corrected chi connectivity index (χ1v) is 2.88. The van der Waals surface area contributed by atoms with Crippen molar-refractivity contribution < 1.29 is 4.79 Å². The Kier molecular flexibility index (Phi) is 3.24. The van der Waals surface area contributed by atoms with Crippen molar-refractivity contribution in [3.63, 3.8) is 0 Å². The van der Waals surface area contributed by atoms with Crippen molar-refractivity contribution in [1.82, 2.24) is 5.32 Å². The average Bonchev–Trinajstić information content (AvgIpc) is 1.67. The van der Waals surface area contributed by atoms with E-state index in [1.54, 1.807) is 0 Å². The molecule has 0 aromatic heterocycles. The summed E-state index contributed by atoms with van der Waals surface area (Å²) < 4.78 is 0. The minimum absolute atomic E-state index is 0.299. The highest BCUT2D eigenvalue weighted by atomic mass is 16.1. The Morgan fingerprint density at radius 1 is 1.38 bits per heavy atom. The minimum atomic E-state index is 0.299. The van der Waals surface area contributed by atoms with Crippen molar-refractivity contribution in [2.45, 2.75) is 26.8 Å². The maximum atomic E-state index is 9.81. The number of nitrogens with one attached hydrogen (secondary N) is 1. The third kappa shape index (κ3) is 2.61. The predicted molar refractivity (Wildman–Crippen MR) is 33.5 cm³/mol. The van der Waals surface area contributed by atoms with Crippen LogP contribution in [0.5, 0.6) is 0 Å². The summed E-state index contributed by atoms with van der Waals surface area (Å²) in [6.45, 7) is 6.13. The molecule has 8 heavy (non-hydrogen) atoms. The lowest BCUT2D eigenvalue weighted by atomic mass is 10.1. The Labute approximate surface area is 50.3 Å². The Bertz CT molecular complexity index is 70.9. The number of carbonyl (C=O) groups excluding carboxylic acids is 1. The summed E-state index contributed by atoms with van der Waals surface area (Å²) in [6.07, 6.45) is 0.741. The van der Waals surface area contributed by atoms with E-state index < -0.39 is 0 Å². The van der Waals surface area contributed by atoms with E-state index in [9.17, 15) is 4.79 Å². The second kappa shape index (κ2) is 3.47. The molecule has 0 aliphatic rings. The molecule has 0 aliphatic heterocycles. The highest BCUT2D eigenvalue weighted by molar-refractivity contribution is 5.46. The molecule has 0 unspecified atom stereocenters. The fourth-order valence-corrected chi connectivity index (χ4v) is 0.300. The minimum Gasteiger partial charge on any atom is -0.356 e. The molecule has 2 heteroatoms. The highest BCUT2D eigenvalue weighted by Gasteiger charge is 2.02. The van der Waals surface area contributed by atoms with Crippen molar-refractivity contribution >= 4 is 6.41 Å². The summed E-state index contributed by atoms with van der Waals surface area (Å²) >= 11 is 0. The van der Waals surface area contributed by atoms with Gasteiger partial charge in [0, 0.05) is 6.04 Å². The molecular formula is C6H13NO. The summed E-state index contributed by atoms with van der Waals surface area (Å²) in [5, 5.41) is 2.66. The van der Waals surface area contributed by atoms with Crippen molar-refractivity contribution in [2.24, 2.45) is 5.92 Å². The first kappa shape index (κ1) is 7.47. The molecular weight excluding hydrogens is 102 g/mol. The molecule has 0 saturated carbocycles. The van der Waals surface area contributed by atoms with E-state index in [2.05, 4.69) is 19.2 Å². The summed E-state index contributed by atoms with van der Waals surface area (Å²) in [5.74, 6) is 0.528. The fraction of sp³-hybridized carbons (Fsp3) is 0.833. The Morgan fingerprint density at radius 3 is 2.00 bits per heavy atom. The van der Waals surface area contributed by atoms with Crippen LogP contribution in [-0.4, -0.2) is 12.5 Å². The first-order chi connectivity index (χ1) is 3.68. The van der Waals surface area contributed by atoms with Gasteiger partial charge in [0.2, 0.25) is 6.41 Å². The fourth-order valence-electron chi connectivity index (χ4n) is 0.300. The second-order valence-electron chi connectivity index (χ2n) is 2.32. The van der Waals surface area contributed by atoms with Gasteiger partial charge in [0.05, 0.1) is 0 Å². The van der Waals surface area contributed by atoms with Gasteiger partial charge in [-0.3, -0.25) is 4.79 Å². The zero-order chi connectivity index (χ0) is 6.57. The maximum absolute atomic E-state index is 9.81. The molecule has 1 N–H and O–H groups in total. The number of amides is 1. The normalized spacial score (nSPS) is 13.5. The SMILES string of the molecule is CC(C)[C@H](C)NC=O. The van der Waals surface area contributed by atoms with Gasteiger partial charge in [0.1, 0.15) is 0 Å². The van der Waals surface area contributed by atoms with Crippen molar-refractivity contribution in [1.29, 1.82) is 0 Å². The van der Waals surface area contributed by atoms with Crippen molar-refractivity contribution in [3.05, 3.63) is 0 Å². The van der Waals surface area contributed by atoms with Crippen LogP contribution in [0.15, 0.2) is 0 Å². The number of carbonyl (C=O) groups is 1. The van der Waals surface area contributed by atoms with Gasteiger partial charge in [-0.2, -0.15) is 0 Å². The monoisotopic (exact) mass is 115 g/mol. The van der Waals surface area contributed by atoms with Crippen LogP contribution in [0.25, 0.3) is 0 Å². The Hall–Kier alpha value is -0.530. The van der Waals surface area contributed by atoms with Crippen LogP contribution in [0.1, 0.15) is 20.8 Å². The average molecular weight is 115 g/mol. The molecule has 0 rings (SSSR count). The lowest BCUT2D eigenvalue weighted by molar-refractivity contribution is -0.110. The molecule has 0 radical (unpaired) electrons. The second-order valence-corrected chi connectivity index (χ2v) is 2.32. The molecule has 0 fully saturated rings. The van der Waals surface area contributed by atoms with Gasteiger partial charge < -0.3 is 5.32 Å². The van der Waals surface area contributed by atoms with Crippen molar-refractivity contribution in [3.8, 4) is 0 Å². The lowest BCUT2D eigenvalue weighted by Crippen LogP contribution is -2.29. The van der Waals surface area contributed by atoms with Crippen LogP contribution in [0.3, 0.4) is 0 Å². The lowest BCUT2D eigenvalue weighted by Gasteiger charge is -2.12. The van der Waals surface area contributed by atoms with E-state index in [1.165, 1.54) is 0 Å². The highest BCUT2D eigenvalue weighted by Crippen LogP contribution is 1.97. The van der Waals surface area contributed by atoms with Crippen LogP contribution in [0.2, 0.25) is 0 Å². The third-order valence-corrected chi connectivity index (χ3v) is 1.33. The molecule has 0 bridgehead atoms. The number of hydrogen-bond acceptors (Lipinski definition) is 1. The van der Waals surface area contributed by atoms with Gasteiger partial charge in [-0.25, -0.2) is 0 Å². The van der Waals surface area contributed by atoms with Crippen LogP contribution in [0.4, 0.5) is 0 Å². The van der Waals surface area contributed by atoms with Crippen LogP contribution in [0, 0.1) is 5.92 Å². The van der Waals surface area contributed by atoms with E-state index >= 15 is 0 Å². The van der Waals surface area contributed by atoms with Crippen LogP contribution >= 0.6 is 0 Å².